The molecule has 2 heterocycles. The summed E-state index contributed by atoms with van der Waals surface area (Å²) in [6, 6.07) is 10.7. The summed E-state index contributed by atoms with van der Waals surface area (Å²) >= 11 is 0. The lowest BCUT2D eigenvalue weighted by Crippen LogP contribution is -2.33. The molecule has 0 unspecified atom stereocenters. The van der Waals surface area contributed by atoms with E-state index in [9.17, 15) is 18.0 Å². The van der Waals surface area contributed by atoms with Gasteiger partial charge in [-0.25, -0.2) is 9.78 Å². The SMILES string of the molecule is Cn1cncc1-c1cccc(NC(=O)N2CCc3c2cccc3C(F)(F)F)c1. The van der Waals surface area contributed by atoms with Crippen molar-refractivity contribution >= 4 is 17.4 Å². The van der Waals surface area contributed by atoms with Crippen LogP contribution in [0, 0.1) is 0 Å². The molecule has 1 aromatic heterocycles. The summed E-state index contributed by atoms with van der Waals surface area (Å²) in [5, 5.41) is 2.78. The Labute approximate surface area is 159 Å². The third-order valence-electron chi connectivity index (χ3n) is 4.80. The third-order valence-corrected chi connectivity index (χ3v) is 4.80. The van der Waals surface area contributed by atoms with Crippen LogP contribution in [0.2, 0.25) is 0 Å². The number of hydrogen-bond donors (Lipinski definition) is 1. The number of amides is 2. The van der Waals surface area contributed by atoms with Crippen LogP contribution in [0.15, 0.2) is 55.0 Å². The fourth-order valence-corrected chi connectivity index (χ4v) is 3.49. The first-order chi connectivity index (χ1) is 13.3. The number of alkyl halides is 3. The molecule has 2 amide bonds. The molecule has 0 spiro atoms. The highest BCUT2D eigenvalue weighted by atomic mass is 19.4. The summed E-state index contributed by atoms with van der Waals surface area (Å²) in [6.45, 7) is 0.204. The number of imidazole rings is 1. The number of anilines is 2. The van der Waals surface area contributed by atoms with E-state index in [2.05, 4.69) is 10.3 Å². The summed E-state index contributed by atoms with van der Waals surface area (Å²) in [4.78, 5) is 18.1. The molecule has 0 saturated heterocycles. The van der Waals surface area contributed by atoms with Crippen LogP contribution in [0.25, 0.3) is 11.3 Å². The second kappa shape index (κ2) is 6.70. The Hall–Kier alpha value is -3.29. The van der Waals surface area contributed by atoms with Crippen LogP contribution < -0.4 is 10.2 Å². The van der Waals surface area contributed by atoms with Crippen LogP contribution in [0.5, 0.6) is 0 Å². The molecule has 0 fully saturated rings. The average molecular weight is 386 g/mol. The standard InChI is InChI=1S/C20H17F3N4O/c1-26-12-24-11-18(26)13-4-2-5-14(10-13)25-19(28)27-9-8-15-16(20(21,22)23)6-3-7-17(15)27/h2-7,10-12H,8-9H2,1H3,(H,25,28). The van der Waals surface area contributed by atoms with Crippen molar-refractivity contribution in [2.24, 2.45) is 7.05 Å². The molecule has 5 nitrogen and oxygen atoms in total. The summed E-state index contributed by atoms with van der Waals surface area (Å²) in [5.74, 6) is 0. The number of carbonyl (C=O) groups is 1. The van der Waals surface area contributed by atoms with Gasteiger partial charge in [-0.1, -0.05) is 18.2 Å². The molecule has 4 rings (SSSR count). The quantitative estimate of drug-likeness (QED) is 0.694. The Bertz CT molecular complexity index is 1040. The van der Waals surface area contributed by atoms with Crippen LogP contribution in [-0.2, 0) is 19.6 Å². The summed E-state index contributed by atoms with van der Waals surface area (Å²) < 4.78 is 41.5. The zero-order chi connectivity index (χ0) is 19.9. The van der Waals surface area contributed by atoms with E-state index in [1.807, 2.05) is 17.7 Å². The van der Waals surface area contributed by atoms with Crippen molar-refractivity contribution in [3.05, 3.63) is 66.1 Å². The second-order valence-electron chi connectivity index (χ2n) is 6.60. The molecule has 8 heteroatoms. The average Bonchev–Trinajstić information content (AvgIpc) is 3.27. The number of carbonyl (C=O) groups excluding carboxylic acids is 1. The van der Waals surface area contributed by atoms with Gasteiger partial charge >= 0.3 is 12.2 Å². The maximum atomic E-state index is 13.2. The maximum absolute atomic E-state index is 13.2. The summed E-state index contributed by atoms with van der Waals surface area (Å²) in [6.07, 6.45) is -0.862. The Kier molecular flexibility index (Phi) is 4.33. The molecular weight excluding hydrogens is 369 g/mol. The monoisotopic (exact) mass is 386 g/mol. The fraction of sp³-hybridized carbons (Fsp3) is 0.200. The number of fused-ring (bicyclic) bond motifs is 1. The smallest absolute Gasteiger partial charge is 0.334 e. The number of halogens is 3. The Morgan fingerprint density at radius 3 is 2.68 bits per heavy atom. The third kappa shape index (κ3) is 3.21. The minimum Gasteiger partial charge on any atom is -0.334 e. The minimum absolute atomic E-state index is 0.161. The van der Waals surface area contributed by atoms with Crippen molar-refractivity contribution in [2.75, 3.05) is 16.8 Å². The molecule has 0 atom stereocenters. The first kappa shape index (κ1) is 18.1. The number of hydrogen-bond acceptors (Lipinski definition) is 2. The Morgan fingerprint density at radius 2 is 1.96 bits per heavy atom. The van der Waals surface area contributed by atoms with E-state index in [1.54, 1.807) is 36.8 Å². The van der Waals surface area contributed by atoms with Gasteiger partial charge < -0.3 is 9.88 Å². The van der Waals surface area contributed by atoms with E-state index in [0.717, 1.165) is 17.3 Å². The van der Waals surface area contributed by atoms with Gasteiger partial charge in [0.05, 0.1) is 23.8 Å². The number of aryl methyl sites for hydroxylation is 1. The van der Waals surface area contributed by atoms with Gasteiger partial charge in [0, 0.05) is 30.5 Å². The van der Waals surface area contributed by atoms with Gasteiger partial charge in [0.25, 0.3) is 0 Å². The highest BCUT2D eigenvalue weighted by Gasteiger charge is 2.37. The first-order valence-corrected chi connectivity index (χ1v) is 8.69. The predicted molar refractivity (Wildman–Crippen MR) is 100 cm³/mol. The first-order valence-electron chi connectivity index (χ1n) is 8.69. The number of nitrogens with zero attached hydrogens (tertiary/aromatic N) is 3. The van der Waals surface area contributed by atoms with Crippen molar-refractivity contribution in [1.29, 1.82) is 0 Å². The van der Waals surface area contributed by atoms with Gasteiger partial charge in [-0.15, -0.1) is 0 Å². The van der Waals surface area contributed by atoms with Crippen LogP contribution in [-0.4, -0.2) is 22.1 Å². The lowest BCUT2D eigenvalue weighted by Gasteiger charge is -2.19. The van der Waals surface area contributed by atoms with E-state index in [-0.39, 0.29) is 18.5 Å². The van der Waals surface area contributed by atoms with Gasteiger partial charge in [-0.05, 0) is 36.2 Å². The fourth-order valence-electron chi connectivity index (χ4n) is 3.49. The van der Waals surface area contributed by atoms with Crippen molar-refractivity contribution in [3.63, 3.8) is 0 Å². The van der Waals surface area contributed by atoms with Gasteiger partial charge in [0.2, 0.25) is 0 Å². The van der Waals surface area contributed by atoms with E-state index in [1.165, 1.54) is 11.0 Å². The molecule has 2 aromatic carbocycles. The van der Waals surface area contributed by atoms with Gasteiger partial charge in [-0.2, -0.15) is 13.2 Å². The molecule has 0 radical (unpaired) electrons. The van der Waals surface area contributed by atoms with Crippen LogP contribution in [0.3, 0.4) is 0 Å². The highest BCUT2D eigenvalue weighted by Crippen LogP contribution is 2.39. The lowest BCUT2D eigenvalue weighted by molar-refractivity contribution is -0.138. The normalized spacial score (nSPS) is 13.5. The van der Waals surface area contributed by atoms with Crippen LogP contribution in [0.4, 0.5) is 29.3 Å². The van der Waals surface area contributed by atoms with Crippen molar-refractivity contribution in [1.82, 2.24) is 9.55 Å². The zero-order valence-corrected chi connectivity index (χ0v) is 15.0. The second-order valence-corrected chi connectivity index (χ2v) is 6.60. The molecule has 3 aromatic rings. The summed E-state index contributed by atoms with van der Waals surface area (Å²) in [5.41, 5.74) is 2.10. The van der Waals surface area contributed by atoms with E-state index >= 15 is 0 Å². The maximum Gasteiger partial charge on any atom is 0.416 e. The number of aromatic nitrogens is 2. The molecule has 0 bridgehead atoms. The van der Waals surface area contributed by atoms with Crippen LogP contribution in [0.1, 0.15) is 11.1 Å². The number of rotatable bonds is 2. The van der Waals surface area contributed by atoms with E-state index < -0.39 is 17.8 Å². The van der Waals surface area contributed by atoms with Crippen molar-refractivity contribution in [2.45, 2.75) is 12.6 Å². The largest absolute Gasteiger partial charge is 0.416 e. The van der Waals surface area contributed by atoms with Crippen LogP contribution >= 0.6 is 0 Å². The Morgan fingerprint density at radius 1 is 1.18 bits per heavy atom. The summed E-state index contributed by atoms with van der Waals surface area (Å²) in [7, 11) is 1.87. The zero-order valence-electron chi connectivity index (χ0n) is 15.0. The molecule has 0 saturated carbocycles. The lowest BCUT2D eigenvalue weighted by atomic mass is 10.0. The van der Waals surface area contributed by atoms with Crippen molar-refractivity contribution < 1.29 is 18.0 Å². The minimum atomic E-state index is -4.44. The van der Waals surface area contributed by atoms with E-state index in [4.69, 9.17) is 0 Å². The Balaban J connectivity index is 1.58. The molecular formula is C20H17F3N4O. The van der Waals surface area contributed by atoms with Gasteiger partial charge in [-0.3, -0.25) is 4.90 Å². The van der Waals surface area contributed by atoms with Gasteiger partial charge in [0.1, 0.15) is 0 Å². The van der Waals surface area contributed by atoms with Gasteiger partial charge in [0.15, 0.2) is 0 Å². The molecule has 0 aliphatic carbocycles. The molecule has 1 aliphatic rings. The molecule has 1 N–H and O–H groups in total. The topological polar surface area (TPSA) is 50.2 Å². The number of urea groups is 1. The van der Waals surface area contributed by atoms with Crippen molar-refractivity contribution in [3.8, 4) is 11.3 Å². The predicted octanol–water partition coefficient (Wildman–Crippen LogP) is 4.70. The number of nitrogens with one attached hydrogen (secondary N) is 1. The molecule has 28 heavy (non-hydrogen) atoms. The molecule has 144 valence electrons. The number of benzene rings is 2. The molecule has 1 aliphatic heterocycles. The van der Waals surface area contributed by atoms with E-state index in [0.29, 0.717) is 11.4 Å². The highest BCUT2D eigenvalue weighted by molar-refractivity contribution is 6.03.